The molecule has 2 fully saturated rings. The fraction of sp³-hybridized carbons (Fsp3) is 1.00. The molecule has 0 aromatic rings. The van der Waals surface area contributed by atoms with E-state index < -0.39 is 0 Å². The summed E-state index contributed by atoms with van der Waals surface area (Å²) >= 11 is 0. The second kappa shape index (κ2) is 8.23. The summed E-state index contributed by atoms with van der Waals surface area (Å²) in [5, 5.41) is 3.72. The van der Waals surface area contributed by atoms with Gasteiger partial charge in [0, 0.05) is 25.2 Å². The predicted molar refractivity (Wildman–Crippen MR) is 82.6 cm³/mol. The molecule has 1 heterocycles. The highest BCUT2D eigenvalue weighted by Crippen LogP contribution is 2.22. The molecule has 19 heavy (non-hydrogen) atoms. The van der Waals surface area contributed by atoms with Gasteiger partial charge in [-0.15, -0.1) is 0 Å². The van der Waals surface area contributed by atoms with Crippen molar-refractivity contribution in [2.75, 3.05) is 39.8 Å². The van der Waals surface area contributed by atoms with Crippen LogP contribution in [0.5, 0.6) is 0 Å². The highest BCUT2D eigenvalue weighted by molar-refractivity contribution is 4.83. The molecule has 2 rings (SSSR count). The Hall–Kier alpha value is -0.120. The van der Waals surface area contributed by atoms with Crippen molar-refractivity contribution in [1.29, 1.82) is 0 Å². The van der Waals surface area contributed by atoms with E-state index in [2.05, 4.69) is 29.1 Å². The Morgan fingerprint density at radius 1 is 1.16 bits per heavy atom. The van der Waals surface area contributed by atoms with Gasteiger partial charge in [0.25, 0.3) is 0 Å². The number of nitrogens with zero attached hydrogens (tertiary/aromatic N) is 2. The predicted octanol–water partition coefficient (Wildman–Crippen LogP) is 2.32. The third kappa shape index (κ3) is 5.05. The van der Waals surface area contributed by atoms with Gasteiger partial charge in [-0.2, -0.15) is 0 Å². The maximum atomic E-state index is 3.72. The van der Waals surface area contributed by atoms with E-state index in [-0.39, 0.29) is 0 Å². The van der Waals surface area contributed by atoms with Crippen LogP contribution < -0.4 is 5.32 Å². The Bertz CT molecular complexity index is 238. The number of nitrogens with one attached hydrogen (secondary N) is 1. The van der Waals surface area contributed by atoms with Gasteiger partial charge in [-0.1, -0.05) is 13.3 Å². The third-order valence-electron chi connectivity index (χ3n) is 4.92. The molecule has 112 valence electrons. The molecule has 1 saturated carbocycles. The third-order valence-corrected chi connectivity index (χ3v) is 4.92. The molecular weight excluding hydrogens is 234 g/mol. The standard InChI is InChI=1S/C16H33N3/c1-3-9-17-15-7-6-8-16(14-15)18(2)12-13-19-10-4-5-11-19/h15-17H,3-14H2,1-2H3. The van der Waals surface area contributed by atoms with Crippen LogP contribution in [0.2, 0.25) is 0 Å². The number of rotatable bonds is 7. The first-order chi connectivity index (χ1) is 9.29. The van der Waals surface area contributed by atoms with Crippen LogP contribution in [0, 0.1) is 0 Å². The molecule has 0 spiro atoms. The summed E-state index contributed by atoms with van der Waals surface area (Å²) in [5.41, 5.74) is 0. The summed E-state index contributed by atoms with van der Waals surface area (Å²) < 4.78 is 0. The van der Waals surface area contributed by atoms with Crippen LogP contribution >= 0.6 is 0 Å². The van der Waals surface area contributed by atoms with E-state index in [9.17, 15) is 0 Å². The van der Waals surface area contributed by atoms with Crippen molar-refractivity contribution in [2.24, 2.45) is 0 Å². The van der Waals surface area contributed by atoms with Gasteiger partial charge in [0.15, 0.2) is 0 Å². The second-order valence-electron chi connectivity index (χ2n) is 6.50. The number of likely N-dealkylation sites (N-methyl/N-ethyl adjacent to an activating group) is 1. The van der Waals surface area contributed by atoms with Crippen molar-refractivity contribution in [1.82, 2.24) is 15.1 Å². The zero-order valence-corrected chi connectivity index (χ0v) is 13.0. The second-order valence-corrected chi connectivity index (χ2v) is 6.50. The van der Waals surface area contributed by atoms with E-state index >= 15 is 0 Å². The van der Waals surface area contributed by atoms with E-state index in [1.807, 2.05) is 0 Å². The fourth-order valence-electron chi connectivity index (χ4n) is 3.59. The van der Waals surface area contributed by atoms with Crippen molar-refractivity contribution in [3.63, 3.8) is 0 Å². The van der Waals surface area contributed by atoms with Crippen molar-refractivity contribution >= 4 is 0 Å². The van der Waals surface area contributed by atoms with Crippen molar-refractivity contribution in [3.05, 3.63) is 0 Å². The van der Waals surface area contributed by atoms with E-state index in [0.29, 0.717) is 0 Å². The van der Waals surface area contributed by atoms with E-state index in [1.165, 1.54) is 77.7 Å². The summed E-state index contributed by atoms with van der Waals surface area (Å²) in [7, 11) is 2.34. The zero-order chi connectivity index (χ0) is 13.5. The lowest BCUT2D eigenvalue weighted by molar-refractivity contribution is 0.153. The molecule has 1 aliphatic carbocycles. The molecule has 2 atom stereocenters. The van der Waals surface area contributed by atoms with Crippen LogP contribution in [-0.4, -0.2) is 61.7 Å². The molecule has 1 aliphatic heterocycles. The zero-order valence-electron chi connectivity index (χ0n) is 13.0. The lowest BCUT2D eigenvalue weighted by Crippen LogP contribution is -2.45. The van der Waals surface area contributed by atoms with Crippen LogP contribution in [0.1, 0.15) is 51.9 Å². The molecule has 0 aromatic heterocycles. The Morgan fingerprint density at radius 2 is 1.95 bits per heavy atom. The lowest BCUT2D eigenvalue weighted by atomic mass is 9.90. The fourth-order valence-corrected chi connectivity index (χ4v) is 3.59. The highest BCUT2D eigenvalue weighted by Gasteiger charge is 2.24. The molecule has 2 unspecified atom stereocenters. The number of hydrogen-bond acceptors (Lipinski definition) is 3. The normalized spacial score (nSPS) is 29.2. The quantitative estimate of drug-likeness (QED) is 0.764. The Balaban J connectivity index is 1.67. The molecular formula is C16H33N3. The molecule has 1 saturated heterocycles. The van der Waals surface area contributed by atoms with Crippen LogP contribution in [0.3, 0.4) is 0 Å². The minimum Gasteiger partial charge on any atom is -0.314 e. The van der Waals surface area contributed by atoms with Gasteiger partial charge in [0.1, 0.15) is 0 Å². The van der Waals surface area contributed by atoms with Crippen molar-refractivity contribution in [2.45, 2.75) is 64.0 Å². The van der Waals surface area contributed by atoms with Gasteiger partial charge >= 0.3 is 0 Å². The molecule has 0 radical (unpaired) electrons. The van der Waals surface area contributed by atoms with Gasteiger partial charge < -0.3 is 15.1 Å². The molecule has 3 heteroatoms. The van der Waals surface area contributed by atoms with E-state index in [4.69, 9.17) is 0 Å². The van der Waals surface area contributed by atoms with Crippen LogP contribution in [0.15, 0.2) is 0 Å². The molecule has 2 aliphatic rings. The average Bonchev–Trinajstić information content (AvgIpc) is 2.96. The molecule has 1 N–H and O–H groups in total. The topological polar surface area (TPSA) is 18.5 Å². The largest absolute Gasteiger partial charge is 0.314 e. The monoisotopic (exact) mass is 267 g/mol. The number of likely N-dealkylation sites (tertiary alicyclic amines) is 1. The maximum absolute atomic E-state index is 3.72. The smallest absolute Gasteiger partial charge is 0.0109 e. The SMILES string of the molecule is CCCNC1CCCC(N(C)CCN2CCCC2)C1. The molecule has 0 amide bonds. The summed E-state index contributed by atoms with van der Waals surface area (Å²) in [5.74, 6) is 0. The van der Waals surface area contributed by atoms with Crippen LogP contribution in [-0.2, 0) is 0 Å². The summed E-state index contributed by atoms with van der Waals surface area (Å²) in [6, 6.07) is 1.58. The van der Waals surface area contributed by atoms with Gasteiger partial charge in [0.2, 0.25) is 0 Å². The van der Waals surface area contributed by atoms with E-state index in [0.717, 1.165) is 12.1 Å². The molecule has 0 bridgehead atoms. The minimum atomic E-state index is 0.771. The lowest BCUT2D eigenvalue weighted by Gasteiger charge is -2.36. The number of hydrogen-bond donors (Lipinski definition) is 1. The van der Waals surface area contributed by atoms with Gasteiger partial charge in [0.05, 0.1) is 0 Å². The summed E-state index contributed by atoms with van der Waals surface area (Å²) in [6.45, 7) is 8.65. The first kappa shape index (κ1) is 15.3. The van der Waals surface area contributed by atoms with E-state index in [1.54, 1.807) is 0 Å². The maximum Gasteiger partial charge on any atom is 0.0109 e. The first-order valence-electron chi connectivity index (χ1n) is 8.45. The summed E-state index contributed by atoms with van der Waals surface area (Å²) in [4.78, 5) is 5.25. The summed E-state index contributed by atoms with van der Waals surface area (Å²) in [6.07, 6.45) is 9.63. The molecule has 3 nitrogen and oxygen atoms in total. The highest BCUT2D eigenvalue weighted by atomic mass is 15.2. The molecule has 0 aromatic carbocycles. The van der Waals surface area contributed by atoms with Gasteiger partial charge in [-0.3, -0.25) is 0 Å². The Kier molecular flexibility index (Phi) is 6.62. The Labute approximate surface area is 119 Å². The minimum absolute atomic E-state index is 0.771. The van der Waals surface area contributed by atoms with Gasteiger partial charge in [-0.25, -0.2) is 0 Å². The van der Waals surface area contributed by atoms with Gasteiger partial charge in [-0.05, 0) is 65.2 Å². The van der Waals surface area contributed by atoms with Crippen molar-refractivity contribution in [3.8, 4) is 0 Å². The Morgan fingerprint density at radius 3 is 2.68 bits per heavy atom. The average molecular weight is 267 g/mol. The van der Waals surface area contributed by atoms with Crippen LogP contribution in [0.4, 0.5) is 0 Å². The first-order valence-corrected chi connectivity index (χ1v) is 8.45. The van der Waals surface area contributed by atoms with Crippen molar-refractivity contribution < 1.29 is 0 Å². The van der Waals surface area contributed by atoms with Crippen LogP contribution in [0.25, 0.3) is 0 Å².